The van der Waals surface area contributed by atoms with Crippen LogP contribution in [-0.2, 0) is 9.53 Å². The zero-order chi connectivity index (χ0) is 13.2. The maximum absolute atomic E-state index is 11.5. The molecule has 0 aliphatic rings. The average molecular weight is 267 g/mol. The number of hydrogen-bond donors (Lipinski definition) is 1. The third-order valence-electron chi connectivity index (χ3n) is 2.48. The SMILES string of the molecule is CCOC(=O)C(CC)NCCSc1ccccc1. The lowest BCUT2D eigenvalue weighted by Gasteiger charge is -2.15. The van der Waals surface area contributed by atoms with Gasteiger partial charge in [-0.2, -0.15) is 0 Å². The zero-order valence-corrected chi connectivity index (χ0v) is 11.8. The van der Waals surface area contributed by atoms with Gasteiger partial charge in [0, 0.05) is 17.2 Å². The van der Waals surface area contributed by atoms with Crippen molar-refractivity contribution in [1.82, 2.24) is 5.32 Å². The fraction of sp³-hybridized carbons (Fsp3) is 0.500. The summed E-state index contributed by atoms with van der Waals surface area (Å²) in [6.45, 7) is 5.06. The van der Waals surface area contributed by atoms with Crippen LogP contribution < -0.4 is 5.32 Å². The van der Waals surface area contributed by atoms with E-state index in [-0.39, 0.29) is 12.0 Å². The summed E-state index contributed by atoms with van der Waals surface area (Å²) in [4.78, 5) is 12.8. The summed E-state index contributed by atoms with van der Waals surface area (Å²) in [5.74, 6) is 0.796. The van der Waals surface area contributed by atoms with Gasteiger partial charge in [-0.05, 0) is 25.5 Å². The highest BCUT2D eigenvalue weighted by Crippen LogP contribution is 2.15. The minimum atomic E-state index is -0.179. The molecule has 0 aromatic heterocycles. The van der Waals surface area contributed by atoms with Gasteiger partial charge in [0.05, 0.1) is 6.61 Å². The van der Waals surface area contributed by atoms with Crippen molar-refractivity contribution in [2.24, 2.45) is 0 Å². The molecule has 0 saturated heterocycles. The van der Waals surface area contributed by atoms with E-state index >= 15 is 0 Å². The van der Waals surface area contributed by atoms with Crippen molar-refractivity contribution in [3.05, 3.63) is 30.3 Å². The molecule has 1 atom stereocenters. The van der Waals surface area contributed by atoms with Crippen LogP contribution >= 0.6 is 11.8 Å². The van der Waals surface area contributed by atoms with Crippen LogP contribution in [0.3, 0.4) is 0 Å². The number of ether oxygens (including phenoxy) is 1. The first-order valence-electron chi connectivity index (χ1n) is 6.35. The first-order chi connectivity index (χ1) is 8.77. The van der Waals surface area contributed by atoms with E-state index in [1.807, 2.05) is 32.0 Å². The Hall–Kier alpha value is -1.00. The van der Waals surface area contributed by atoms with Gasteiger partial charge in [0.25, 0.3) is 0 Å². The lowest BCUT2D eigenvalue weighted by molar-refractivity contribution is -0.145. The Labute approximate surface area is 113 Å². The van der Waals surface area contributed by atoms with Crippen LogP contribution in [0.4, 0.5) is 0 Å². The summed E-state index contributed by atoms with van der Waals surface area (Å²) >= 11 is 1.78. The first-order valence-corrected chi connectivity index (χ1v) is 7.34. The van der Waals surface area contributed by atoms with Gasteiger partial charge in [0.1, 0.15) is 6.04 Å². The second-order valence-corrected chi connectivity index (χ2v) is 5.00. The molecule has 0 fully saturated rings. The van der Waals surface area contributed by atoms with Gasteiger partial charge in [-0.25, -0.2) is 0 Å². The summed E-state index contributed by atoms with van der Waals surface area (Å²) in [7, 11) is 0. The van der Waals surface area contributed by atoms with Gasteiger partial charge in [-0.3, -0.25) is 4.79 Å². The number of benzene rings is 1. The molecule has 0 saturated carbocycles. The Morgan fingerprint density at radius 1 is 1.33 bits per heavy atom. The molecule has 1 unspecified atom stereocenters. The van der Waals surface area contributed by atoms with Crippen LogP contribution in [0.1, 0.15) is 20.3 Å². The number of thioether (sulfide) groups is 1. The van der Waals surface area contributed by atoms with Crippen molar-refractivity contribution >= 4 is 17.7 Å². The Kier molecular flexibility index (Phi) is 7.53. The second-order valence-electron chi connectivity index (χ2n) is 3.83. The quantitative estimate of drug-likeness (QED) is 0.446. The molecule has 1 aromatic rings. The van der Waals surface area contributed by atoms with Crippen molar-refractivity contribution < 1.29 is 9.53 Å². The van der Waals surface area contributed by atoms with Gasteiger partial charge in [0.15, 0.2) is 0 Å². The Balaban J connectivity index is 2.21. The Morgan fingerprint density at radius 2 is 2.06 bits per heavy atom. The van der Waals surface area contributed by atoms with Crippen LogP contribution in [0.5, 0.6) is 0 Å². The van der Waals surface area contributed by atoms with Gasteiger partial charge in [-0.15, -0.1) is 11.8 Å². The Morgan fingerprint density at radius 3 is 2.67 bits per heavy atom. The fourth-order valence-corrected chi connectivity index (χ4v) is 2.36. The van der Waals surface area contributed by atoms with E-state index in [1.165, 1.54) is 4.90 Å². The van der Waals surface area contributed by atoms with Gasteiger partial charge >= 0.3 is 5.97 Å². The van der Waals surface area contributed by atoms with E-state index in [1.54, 1.807) is 11.8 Å². The first kappa shape index (κ1) is 15.1. The van der Waals surface area contributed by atoms with E-state index in [4.69, 9.17) is 4.74 Å². The second kappa shape index (κ2) is 9.00. The summed E-state index contributed by atoms with van der Waals surface area (Å²) < 4.78 is 5.00. The highest BCUT2D eigenvalue weighted by atomic mass is 32.2. The molecule has 1 N–H and O–H groups in total. The summed E-state index contributed by atoms with van der Waals surface area (Å²) in [5.41, 5.74) is 0. The standard InChI is InChI=1S/C14H21NO2S/c1-3-13(14(16)17-4-2)15-10-11-18-12-8-6-5-7-9-12/h5-9,13,15H,3-4,10-11H2,1-2H3. The molecule has 0 amide bonds. The molecule has 0 bridgehead atoms. The predicted octanol–water partition coefficient (Wildman–Crippen LogP) is 2.71. The molecule has 1 aromatic carbocycles. The van der Waals surface area contributed by atoms with E-state index in [2.05, 4.69) is 17.4 Å². The van der Waals surface area contributed by atoms with E-state index < -0.39 is 0 Å². The number of esters is 1. The molecule has 0 aliphatic carbocycles. The topological polar surface area (TPSA) is 38.3 Å². The monoisotopic (exact) mass is 267 g/mol. The highest BCUT2D eigenvalue weighted by molar-refractivity contribution is 7.99. The van der Waals surface area contributed by atoms with Gasteiger partial charge in [0.2, 0.25) is 0 Å². The zero-order valence-electron chi connectivity index (χ0n) is 11.0. The van der Waals surface area contributed by atoms with Gasteiger partial charge in [-0.1, -0.05) is 25.1 Å². The molecule has 18 heavy (non-hydrogen) atoms. The largest absolute Gasteiger partial charge is 0.465 e. The molecule has 1 rings (SSSR count). The molecular formula is C14H21NO2S. The minimum absolute atomic E-state index is 0.148. The lowest BCUT2D eigenvalue weighted by Crippen LogP contribution is -2.38. The third-order valence-corrected chi connectivity index (χ3v) is 3.50. The fourth-order valence-electron chi connectivity index (χ4n) is 1.56. The molecule has 3 nitrogen and oxygen atoms in total. The highest BCUT2D eigenvalue weighted by Gasteiger charge is 2.15. The number of hydrogen-bond acceptors (Lipinski definition) is 4. The molecule has 0 heterocycles. The van der Waals surface area contributed by atoms with Crippen LogP contribution in [0.15, 0.2) is 35.2 Å². The number of carbonyl (C=O) groups excluding carboxylic acids is 1. The van der Waals surface area contributed by atoms with Crippen molar-refractivity contribution in [3.8, 4) is 0 Å². The van der Waals surface area contributed by atoms with E-state index in [0.29, 0.717) is 6.61 Å². The number of nitrogens with one attached hydrogen (secondary N) is 1. The molecule has 100 valence electrons. The van der Waals surface area contributed by atoms with Crippen molar-refractivity contribution in [3.63, 3.8) is 0 Å². The van der Waals surface area contributed by atoms with Crippen molar-refractivity contribution in [2.45, 2.75) is 31.2 Å². The normalized spacial score (nSPS) is 12.1. The number of rotatable bonds is 8. The Bertz CT molecular complexity index is 343. The lowest BCUT2D eigenvalue weighted by atomic mass is 10.2. The maximum atomic E-state index is 11.5. The van der Waals surface area contributed by atoms with Crippen LogP contribution in [-0.4, -0.2) is 30.9 Å². The summed E-state index contributed by atoms with van der Waals surface area (Å²) in [6, 6.07) is 10.1. The van der Waals surface area contributed by atoms with E-state index in [9.17, 15) is 4.79 Å². The van der Waals surface area contributed by atoms with Crippen LogP contribution in [0.2, 0.25) is 0 Å². The minimum Gasteiger partial charge on any atom is -0.465 e. The average Bonchev–Trinajstić information content (AvgIpc) is 2.40. The number of carbonyl (C=O) groups is 1. The summed E-state index contributed by atoms with van der Waals surface area (Å²) in [6.07, 6.45) is 0.759. The van der Waals surface area contributed by atoms with Crippen LogP contribution in [0, 0.1) is 0 Å². The van der Waals surface area contributed by atoms with Crippen LogP contribution in [0.25, 0.3) is 0 Å². The van der Waals surface area contributed by atoms with Crippen molar-refractivity contribution in [1.29, 1.82) is 0 Å². The van der Waals surface area contributed by atoms with Gasteiger partial charge < -0.3 is 10.1 Å². The predicted molar refractivity (Wildman–Crippen MR) is 75.9 cm³/mol. The smallest absolute Gasteiger partial charge is 0.323 e. The molecule has 0 spiro atoms. The molecule has 0 radical (unpaired) electrons. The maximum Gasteiger partial charge on any atom is 0.323 e. The third kappa shape index (κ3) is 5.56. The van der Waals surface area contributed by atoms with E-state index in [0.717, 1.165) is 18.7 Å². The summed E-state index contributed by atoms with van der Waals surface area (Å²) in [5, 5.41) is 3.23. The van der Waals surface area contributed by atoms with Crippen molar-refractivity contribution in [2.75, 3.05) is 18.9 Å². The molecule has 4 heteroatoms. The molecule has 0 aliphatic heterocycles. The molecular weight excluding hydrogens is 246 g/mol.